The number of hydrogen-bond acceptors (Lipinski definition) is 6. The number of aromatic amines is 1. The third-order valence-electron chi connectivity index (χ3n) is 3.99. The highest BCUT2D eigenvalue weighted by Crippen LogP contribution is 2.27. The number of aromatic nitrogens is 2. The van der Waals surface area contributed by atoms with E-state index in [1.54, 1.807) is 0 Å². The van der Waals surface area contributed by atoms with Crippen molar-refractivity contribution in [2.45, 2.75) is 31.4 Å². The Morgan fingerprint density at radius 3 is 2.71 bits per heavy atom. The largest absolute Gasteiger partial charge is 0.394 e. The molecule has 1 saturated heterocycles. The Kier molecular flexibility index (Phi) is 4.79. The molecule has 0 bridgehead atoms. The second-order valence-corrected chi connectivity index (χ2v) is 5.66. The predicted molar refractivity (Wildman–Crippen MR) is 86.7 cm³/mol. The lowest BCUT2D eigenvalue weighted by Crippen LogP contribution is -2.33. The third-order valence-corrected chi connectivity index (χ3v) is 3.99. The molecule has 0 amide bonds. The molecule has 8 heteroatoms. The van der Waals surface area contributed by atoms with Gasteiger partial charge in [-0.2, -0.15) is 0 Å². The minimum atomic E-state index is -0.862. The fourth-order valence-electron chi connectivity index (χ4n) is 2.67. The number of H-pyrrole nitrogens is 1. The molecule has 128 valence electrons. The van der Waals surface area contributed by atoms with Gasteiger partial charge in [-0.1, -0.05) is 30.3 Å². The van der Waals surface area contributed by atoms with Crippen LogP contribution in [0.4, 0.5) is 5.69 Å². The first-order valence-corrected chi connectivity index (χ1v) is 7.66. The van der Waals surface area contributed by atoms with Crippen molar-refractivity contribution in [3.05, 3.63) is 62.9 Å². The molecule has 8 nitrogen and oxygen atoms in total. The van der Waals surface area contributed by atoms with E-state index in [2.05, 4.69) is 10.3 Å². The summed E-state index contributed by atoms with van der Waals surface area (Å²) in [5.74, 6) is 0. The van der Waals surface area contributed by atoms with Gasteiger partial charge >= 0.3 is 5.69 Å². The molecule has 2 aromatic rings. The number of benzene rings is 1. The summed E-state index contributed by atoms with van der Waals surface area (Å²) in [7, 11) is 0. The Morgan fingerprint density at radius 1 is 1.29 bits per heavy atom. The first-order chi connectivity index (χ1) is 11.6. The molecule has 0 saturated carbocycles. The maximum atomic E-state index is 12.0. The monoisotopic (exact) mass is 333 g/mol. The maximum absolute atomic E-state index is 12.0. The molecule has 1 aliphatic heterocycles. The number of rotatable bonds is 5. The van der Waals surface area contributed by atoms with Gasteiger partial charge in [0.25, 0.3) is 5.56 Å². The van der Waals surface area contributed by atoms with Gasteiger partial charge in [0.05, 0.1) is 12.7 Å². The molecule has 0 spiro atoms. The van der Waals surface area contributed by atoms with Crippen LogP contribution in [0.25, 0.3) is 0 Å². The lowest BCUT2D eigenvalue weighted by Gasteiger charge is -2.15. The first-order valence-electron chi connectivity index (χ1n) is 7.66. The van der Waals surface area contributed by atoms with Crippen LogP contribution in [0.5, 0.6) is 0 Å². The Balaban J connectivity index is 1.81. The first kappa shape index (κ1) is 16.4. The van der Waals surface area contributed by atoms with Crippen molar-refractivity contribution >= 4 is 5.69 Å². The highest BCUT2D eigenvalue weighted by Gasteiger charge is 2.35. The van der Waals surface area contributed by atoms with Gasteiger partial charge in [-0.05, 0) is 5.56 Å². The van der Waals surface area contributed by atoms with E-state index < -0.39 is 29.7 Å². The zero-order chi connectivity index (χ0) is 17.1. The Labute approximate surface area is 137 Å². The average molecular weight is 333 g/mol. The van der Waals surface area contributed by atoms with E-state index in [9.17, 15) is 14.7 Å². The minimum Gasteiger partial charge on any atom is -0.394 e. The molecule has 1 fully saturated rings. The van der Waals surface area contributed by atoms with E-state index in [0.29, 0.717) is 6.54 Å². The highest BCUT2D eigenvalue weighted by atomic mass is 16.5. The normalized spacial score (nSPS) is 23.3. The SMILES string of the molecule is O=c1[nH]c(=O)n([C@H]2C[C@H](O)[C@@H](CO)O2)cc1NCc1ccccc1. The number of aliphatic hydroxyl groups excluding tert-OH is 2. The molecule has 0 unspecified atom stereocenters. The summed E-state index contributed by atoms with van der Waals surface area (Å²) in [6.45, 7) is 0.0877. The summed E-state index contributed by atoms with van der Waals surface area (Å²) in [5, 5.41) is 21.9. The van der Waals surface area contributed by atoms with E-state index in [0.717, 1.165) is 5.56 Å². The molecule has 1 aliphatic rings. The number of nitrogens with one attached hydrogen (secondary N) is 2. The maximum Gasteiger partial charge on any atom is 0.330 e. The lowest BCUT2D eigenvalue weighted by atomic mass is 10.2. The Morgan fingerprint density at radius 2 is 2.04 bits per heavy atom. The van der Waals surface area contributed by atoms with Crippen molar-refractivity contribution in [2.24, 2.45) is 0 Å². The smallest absolute Gasteiger partial charge is 0.330 e. The number of ether oxygens (including phenoxy) is 1. The van der Waals surface area contributed by atoms with E-state index in [1.807, 2.05) is 30.3 Å². The van der Waals surface area contributed by atoms with Crippen LogP contribution in [0.1, 0.15) is 18.2 Å². The zero-order valence-corrected chi connectivity index (χ0v) is 12.9. The van der Waals surface area contributed by atoms with Crippen LogP contribution in [-0.4, -0.2) is 38.6 Å². The predicted octanol–water partition coefficient (Wildman–Crippen LogP) is -0.211. The number of nitrogens with zero attached hydrogens (tertiary/aromatic N) is 1. The fraction of sp³-hybridized carbons (Fsp3) is 0.375. The summed E-state index contributed by atoms with van der Waals surface area (Å²) < 4.78 is 6.68. The van der Waals surface area contributed by atoms with E-state index >= 15 is 0 Å². The quantitative estimate of drug-likeness (QED) is 0.602. The number of aliphatic hydroxyl groups is 2. The van der Waals surface area contributed by atoms with Gasteiger partial charge < -0.3 is 20.3 Å². The van der Waals surface area contributed by atoms with Crippen molar-refractivity contribution in [1.29, 1.82) is 0 Å². The summed E-state index contributed by atoms with van der Waals surface area (Å²) in [6, 6.07) is 9.52. The second-order valence-electron chi connectivity index (χ2n) is 5.66. The van der Waals surface area contributed by atoms with Crippen LogP contribution >= 0.6 is 0 Å². The highest BCUT2D eigenvalue weighted by molar-refractivity contribution is 5.39. The summed E-state index contributed by atoms with van der Waals surface area (Å²) in [6.07, 6.45) is -0.802. The summed E-state index contributed by atoms with van der Waals surface area (Å²) in [5.41, 5.74) is 0.0667. The van der Waals surface area contributed by atoms with E-state index in [1.165, 1.54) is 10.8 Å². The van der Waals surface area contributed by atoms with Gasteiger partial charge in [-0.15, -0.1) is 0 Å². The van der Waals surface area contributed by atoms with Gasteiger partial charge in [0.15, 0.2) is 0 Å². The molecule has 24 heavy (non-hydrogen) atoms. The average Bonchev–Trinajstić information content (AvgIpc) is 2.95. The Hall–Kier alpha value is -2.42. The van der Waals surface area contributed by atoms with Crippen LogP contribution in [0.2, 0.25) is 0 Å². The van der Waals surface area contributed by atoms with Crippen molar-refractivity contribution in [3.8, 4) is 0 Å². The topological polar surface area (TPSA) is 117 Å². The van der Waals surface area contributed by atoms with Crippen molar-refractivity contribution in [1.82, 2.24) is 9.55 Å². The van der Waals surface area contributed by atoms with Crippen LogP contribution in [0.15, 0.2) is 46.1 Å². The van der Waals surface area contributed by atoms with Gasteiger partial charge in [0, 0.05) is 19.2 Å². The fourth-order valence-corrected chi connectivity index (χ4v) is 2.67. The minimum absolute atomic E-state index is 0.162. The molecule has 4 N–H and O–H groups in total. The molecular weight excluding hydrogens is 314 g/mol. The molecule has 2 heterocycles. The molecule has 3 atom stereocenters. The molecule has 3 rings (SSSR count). The van der Waals surface area contributed by atoms with Crippen LogP contribution < -0.4 is 16.6 Å². The van der Waals surface area contributed by atoms with Crippen molar-refractivity contribution in [3.63, 3.8) is 0 Å². The van der Waals surface area contributed by atoms with E-state index in [-0.39, 0.29) is 18.7 Å². The Bertz CT molecular complexity index is 801. The van der Waals surface area contributed by atoms with Crippen LogP contribution in [-0.2, 0) is 11.3 Å². The van der Waals surface area contributed by atoms with E-state index in [4.69, 9.17) is 9.84 Å². The molecule has 1 aromatic carbocycles. The third kappa shape index (κ3) is 3.40. The van der Waals surface area contributed by atoms with Crippen molar-refractivity contribution < 1.29 is 14.9 Å². The number of hydrogen-bond donors (Lipinski definition) is 4. The molecular formula is C16H19N3O5. The van der Waals surface area contributed by atoms with Crippen LogP contribution in [0, 0.1) is 0 Å². The second kappa shape index (κ2) is 7.00. The van der Waals surface area contributed by atoms with Gasteiger partial charge in [-0.25, -0.2) is 4.79 Å². The summed E-state index contributed by atoms with van der Waals surface area (Å²) in [4.78, 5) is 26.2. The van der Waals surface area contributed by atoms with Gasteiger partial charge in [-0.3, -0.25) is 14.3 Å². The molecule has 1 aromatic heterocycles. The standard InChI is InChI=1S/C16H19N3O5/c20-9-13-12(21)6-14(24-13)19-8-11(15(22)18-16(19)23)17-7-10-4-2-1-3-5-10/h1-5,8,12-14,17,20-21H,6-7,9H2,(H,18,22,23)/t12-,13+,14+/m0/s1. The molecule has 0 radical (unpaired) electrons. The zero-order valence-electron chi connectivity index (χ0n) is 12.9. The summed E-state index contributed by atoms with van der Waals surface area (Å²) >= 11 is 0. The molecule has 0 aliphatic carbocycles. The lowest BCUT2D eigenvalue weighted by molar-refractivity contribution is -0.0458. The van der Waals surface area contributed by atoms with Crippen LogP contribution in [0.3, 0.4) is 0 Å². The van der Waals surface area contributed by atoms with Gasteiger partial charge in [0.1, 0.15) is 18.0 Å². The van der Waals surface area contributed by atoms with Gasteiger partial charge in [0.2, 0.25) is 0 Å². The van der Waals surface area contributed by atoms with Crippen molar-refractivity contribution in [2.75, 3.05) is 11.9 Å². The number of anilines is 1.